The molecule has 1 amide bonds. The number of piperidine rings is 1. The molecule has 0 N–H and O–H groups in total. The highest BCUT2D eigenvalue weighted by molar-refractivity contribution is 5.98. The van der Waals surface area contributed by atoms with Crippen molar-refractivity contribution in [2.24, 2.45) is 5.92 Å². The minimum atomic E-state index is -4.68. The lowest BCUT2D eigenvalue weighted by Crippen LogP contribution is -2.60. The number of amides is 1. The molecule has 2 heterocycles. The molecule has 2 saturated heterocycles. The van der Waals surface area contributed by atoms with Crippen molar-refractivity contribution in [2.45, 2.75) is 37.7 Å². The lowest BCUT2D eigenvalue weighted by molar-refractivity contribution is -0.137. The second-order valence-corrected chi connectivity index (χ2v) is 8.02. The fraction of sp³-hybridized carbons (Fsp3) is 0.391. The first-order chi connectivity index (χ1) is 15.2. The maximum atomic E-state index is 14.2. The lowest BCUT2D eigenvalue weighted by Gasteiger charge is -2.47. The van der Waals surface area contributed by atoms with Gasteiger partial charge in [0.05, 0.1) is 36.4 Å². The van der Waals surface area contributed by atoms with Crippen LogP contribution >= 0.6 is 0 Å². The lowest BCUT2D eigenvalue weighted by atomic mass is 9.80. The average Bonchev–Trinajstić information content (AvgIpc) is 2.76. The van der Waals surface area contributed by atoms with Crippen molar-refractivity contribution in [3.63, 3.8) is 0 Å². The summed E-state index contributed by atoms with van der Waals surface area (Å²) in [7, 11) is 0. The Hall–Kier alpha value is -2.94. The molecule has 2 aromatic rings. The second-order valence-electron chi connectivity index (χ2n) is 8.02. The molecule has 2 aliphatic rings. The maximum Gasteiger partial charge on any atom is 0.416 e. The molecular weight excluding hydrogens is 430 g/mol. The summed E-state index contributed by atoms with van der Waals surface area (Å²) in [5, 5.41) is 0. The van der Waals surface area contributed by atoms with Gasteiger partial charge in [0.25, 0.3) is 0 Å². The number of nitrogens with zero attached hydrogens (tertiary/aromatic N) is 1. The highest BCUT2D eigenvalue weighted by Crippen LogP contribution is 2.36. The Labute approximate surface area is 181 Å². The minimum absolute atomic E-state index is 0.0915. The van der Waals surface area contributed by atoms with Gasteiger partial charge in [-0.25, -0.2) is 9.18 Å². The first-order valence-electron chi connectivity index (χ1n) is 10.2. The van der Waals surface area contributed by atoms with Gasteiger partial charge in [-0.15, -0.1) is 0 Å². The van der Waals surface area contributed by atoms with Crippen molar-refractivity contribution in [3.05, 3.63) is 71.0 Å². The van der Waals surface area contributed by atoms with Crippen LogP contribution < -0.4 is 0 Å². The van der Waals surface area contributed by atoms with E-state index in [-0.39, 0.29) is 32.7 Å². The van der Waals surface area contributed by atoms with E-state index in [1.807, 2.05) is 30.3 Å². The molecule has 170 valence electrons. The van der Waals surface area contributed by atoms with Crippen LogP contribution in [0.15, 0.2) is 48.5 Å². The number of ketones is 1. The Kier molecular flexibility index (Phi) is 6.19. The van der Waals surface area contributed by atoms with Gasteiger partial charge in [-0.2, -0.15) is 13.2 Å². The number of rotatable bonds is 4. The van der Waals surface area contributed by atoms with E-state index < -0.39 is 53.0 Å². The van der Waals surface area contributed by atoms with E-state index in [2.05, 4.69) is 0 Å². The van der Waals surface area contributed by atoms with Gasteiger partial charge >= 0.3 is 12.3 Å². The van der Waals surface area contributed by atoms with Crippen LogP contribution in [0.3, 0.4) is 0 Å². The summed E-state index contributed by atoms with van der Waals surface area (Å²) >= 11 is 0. The zero-order valence-corrected chi connectivity index (χ0v) is 17.0. The maximum absolute atomic E-state index is 14.2. The number of halogens is 4. The summed E-state index contributed by atoms with van der Waals surface area (Å²) in [6.07, 6.45) is -4.90. The third-order valence-corrected chi connectivity index (χ3v) is 5.87. The average molecular weight is 451 g/mol. The Bertz CT molecular complexity index is 981. The van der Waals surface area contributed by atoms with E-state index in [0.717, 1.165) is 5.56 Å². The summed E-state index contributed by atoms with van der Waals surface area (Å²) in [4.78, 5) is 27.2. The predicted molar refractivity (Wildman–Crippen MR) is 105 cm³/mol. The van der Waals surface area contributed by atoms with Crippen molar-refractivity contribution in [1.82, 2.24) is 4.90 Å². The molecule has 32 heavy (non-hydrogen) atoms. The molecule has 5 nitrogen and oxygen atoms in total. The number of ether oxygens (including phenoxy) is 2. The molecule has 2 unspecified atom stereocenters. The van der Waals surface area contributed by atoms with Crippen molar-refractivity contribution in [1.29, 1.82) is 0 Å². The van der Waals surface area contributed by atoms with Crippen LogP contribution in [0.25, 0.3) is 0 Å². The third-order valence-electron chi connectivity index (χ3n) is 5.87. The van der Waals surface area contributed by atoms with Crippen LogP contribution in [0, 0.1) is 11.7 Å². The number of alkyl halides is 3. The minimum Gasteiger partial charge on any atom is -0.445 e. The number of hydrogen-bond donors (Lipinski definition) is 0. The summed E-state index contributed by atoms with van der Waals surface area (Å²) in [6, 6.07) is 10.0. The predicted octanol–water partition coefficient (Wildman–Crippen LogP) is 4.84. The van der Waals surface area contributed by atoms with Gasteiger partial charge in [0, 0.05) is 5.92 Å². The highest BCUT2D eigenvalue weighted by atomic mass is 19.4. The van der Waals surface area contributed by atoms with Crippen LogP contribution in [0.1, 0.15) is 34.3 Å². The highest BCUT2D eigenvalue weighted by Gasteiger charge is 2.45. The van der Waals surface area contributed by atoms with Crippen LogP contribution in [-0.4, -0.2) is 42.1 Å². The van der Waals surface area contributed by atoms with Crippen LogP contribution in [0.4, 0.5) is 22.4 Å². The summed E-state index contributed by atoms with van der Waals surface area (Å²) < 4.78 is 64.2. The van der Waals surface area contributed by atoms with Crippen LogP contribution in [0.5, 0.6) is 0 Å². The van der Waals surface area contributed by atoms with E-state index in [1.165, 1.54) is 0 Å². The Morgan fingerprint density at radius 3 is 2.31 bits per heavy atom. The summed E-state index contributed by atoms with van der Waals surface area (Å²) in [5.74, 6) is -2.40. The van der Waals surface area contributed by atoms with Crippen molar-refractivity contribution < 1.29 is 36.6 Å². The van der Waals surface area contributed by atoms with Gasteiger partial charge in [0.1, 0.15) is 12.4 Å². The topological polar surface area (TPSA) is 55.8 Å². The first-order valence-corrected chi connectivity index (χ1v) is 10.2. The second kappa shape index (κ2) is 8.90. The molecule has 4 rings (SSSR count). The Morgan fingerprint density at radius 2 is 1.69 bits per heavy atom. The molecular formula is C23H21F4NO4. The number of morpholine rings is 1. The molecule has 0 saturated carbocycles. The van der Waals surface area contributed by atoms with Gasteiger partial charge in [-0.05, 0) is 36.6 Å². The van der Waals surface area contributed by atoms with E-state index in [0.29, 0.717) is 18.2 Å². The largest absolute Gasteiger partial charge is 0.445 e. The van der Waals surface area contributed by atoms with Crippen molar-refractivity contribution >= 4 is 11.9 Å². The zero-order valence-electron chi connectivity index (χ0n) is 17.0. The number of benzene rings is 2. The standard InChI is InChI=1S/C23H21F4NO4/c24-20-7-6-16(23(25,26)27)10-19(20)21(29)15-8-17-12-31-13-18(9-15)28(17)22(30)32-11-14-4-2-1-3-5-14/h1-7,10,15,17-18H,8-9,11-13H2. The molecule has 2 aromatic carbocycles. The third kappa shape index (κ3) is 4.62. The Morgan fingerprint density at radius 1 is 1.03 bits per heavy atom. The molecule has 9 heteroatoms. The first kappa shape index (κ1) is 22.3. The van der Waals surface area contributed by atoms with Crippen molar-refractivity contribution in [2.75, 3.05) is 13.2 Å². The number of carbonyl (C=O) groups excluding carboxylic acids is 2. The van der Waals surface area contributed by atoms with E-state index in [9.17, 15) is 27.2 Å². The number of hydrogen-bond acceptors (Lipinski definition) is 4. The molecule has 2 fully saturated rings. The van der Waals surface area contributed by atoms with Gasteiger partial charge in [0.15, 0.2) is 5.78 Å². The monoisotopic (exact) mass is 451 g/mol. The number of Topliss-reactive ketones (excluding diaryl/α,β-unsaturated/α-hetero) is 1. The summed E-state index contributed by atoms with van der Waals surface area (Å²) in [5.41, 5.74) is -0.830. The molecule has 2 bridgehead atoms. The van der Waals surface area contributed by atoms with E-state index in [1.54, 1.807) is 4.90 Å². The molecule has 2 aliphatic heterocycles. The van der Waals surface area contributed by atoms with Gasteiger partial charge in [-0.1, -0.05) is 30.3 Å². The fourth-order valence-electron chi connectivity index (χ4n) is 4.33. The number of fused-ring (bicyclic) bond motifs is 2. The Balaban J connectivity index is 1.47. The summed E-state index contributed by atoms with van der Waals surface area (Å²) in [6.45, 7) is 0.436. The molecule has 0 aliphatic carbocycles. The fourth-order valence-corrected chi connectivity index (χ4v) is 4.33. The van der Waals surface area contributed by atoms with Gasteiger partial charge < -0.3 is 9.47 Å². The number of carbonyl (C=O) groups is 2. The normalized spacial score (nSPS) is 23.0. The molecule has 0 aromatic heterocycles. The zero-order chi connectivity index (χ0) is 22.9. The molecule has 2 atom stereocenters. The molecule has 0 radical (unpaired) electrons. The van der Waals surface area contributed by atoms with E-state index >= 15 is 0 Å². The quantitative estimate of drug-likeness (QED) is 0.493. The molecule has 0 spiro atoms. The van der Waals surface area contributed by atoms with Gasteiger partial charge in [-0.3, -0.25) is 9.69 Å². The van der Waals surface area contributed by atoms with Crippen LogP contribution in [0.2, 0.25) is 0 Å². The van der Waals surface area contributed by atoms with Gasteiger partial charge in [0.2, 0.25) is 0 Å². The van der Waals surface area contributed by atoms with Crippen molar-refractivity contribution in [3.8, 4) is 0 Å². The van der Waals surface area contributed by atoms with E-state index in [4.69, 9.17) is 9.47 Å². The van der Waals surface area contributed by atoms with Crippen LogP contribution in [-0.2, 0) is 22.3 Å². The SMILES string of the molecule is O=C(c1cc(C(F)(F)F)ccc1F)C1CC2COCC(C1)N2C(=O)OCc1ccccc1. The smallest absolute Gasteiger partial charge is 0.416 e.